The second-order valence-electron chi connectivity index (χ2n) is 6.94. The number of halogens is 1. The Kier molecular flexibility index (Phi) is 3.13. The standard InChI is InChI=1S/C14H24BrNO/c1-9-6-7-16(8-10(9)15)12(17)11-13(2,3)14(11,4)5/h9-11H,6-8H2,1-5H3. The average molecular weight is 302 g/mol. The molecule has 17 heavy (non-hydrogen) atoms. The Morgan fingerprint density at radius 2 is 1.76 bits per heavy atom. The molecule has 1 amide bonds. The molecule has 1 saturated carbocycles. The van der Waals surface area contributed by atoms with Crippen molar-refractivity contribution < 1.29 is 4.79 Å². The van der Waals surface area contributed by atoms with E-state index < -0.39 is 0 Å². The van der Waals surface area contributed by atoms with E-state index in [1.165, 1.54) is 0 Å². The summed E-state index contributed by atoms with van der Waals surface area (Å²) in [4.78, 5) is 15.1. The van der Waals surface area contributed by atoms with E-state index in [1.54, 1.807) is 0 Å². The van der Waals surface area contributed by atoms with E-state index in [1.807, 2.05) is 0 Å². The highest BCUT2D eigenvalue weighted by molar-refractivity contribution is 9.09. The summed E-state index contributed by atoms with van der Waals surface area (Å²) in [6.45, 7) is 12.9. The van der Waals surface area contributed by atoms with Gasteiger partial charge in [0.15, 0.2) is 0 Å². The highest BCUT2D eigenvalue weighted by Crippen LogP contribution is 2.68. The molecule has 2 atom stereocenters. The fourth-order valence-corrected chi connectivity index (χ4v) is 3.83. The van der Waals surface area contributed by atoms with Crippen molar-refractivity contribution in [1.82, 2.24) is 4.90 Å². The molecule has 0 bridgehead atoms. The summed E-state index contributed by atoms with van der Waals surface area (Å²) in [5, 5.41) is 0. The van der Waals surface area contributed by atoms with Gasteiger partial charge in [-0.3, -0.25) is 4.79 Å². The molecular weight excluding hydrogens is 278 g/mol. The number of rotatable bonds is 1. The van der Waals surface area contributed by atoms with Crippen LogP contribution in [0.15, 0.2) is 0 Å². The Balaban J connectivity index is 2.04. The van der Waals surface area contributed by atoms with E-state index >= 15 is 0 Å². The zero-order valence-corrected chi connectivity index (χ0v) is 13.2. The second kappa shape index (κ2) is 3.97. The third-order valence-electron chi connectivity index (χ3n) is 5.45. The lowest BCUT2D eigenvalue weighted by molar-refractivity contribution is -0.135. The topological polar surface area (TPSA) is 20.3 Å². The highest BCUT2D eigenvalue weighted by Gasteiger charge is 2.68. The summed E-state index contributed by atoms with van der Waals surface area (Å²) in [5.41, 5.74) is 0.323. The van der Waals surface area contributed by atoms with Crippen LogP contribution in [-0.4, -0.2) is 28.7 Å². The van der Waals surface area contributed by atoms with Crippen LogP contribution in [0, 0.1) is 22.7 Å². The van der Waals surface area contributed by atoms with E-state index in [-0.39, 0.29) is 16.7 Å². The van der Waals surface area contributed by atoms with Gasteiger partial charge in [0.25, 0.3) is 0 Å². The van der Waals surface area contributed by atoms with Gasteiger partial charge >= 0.3 is 0 Å². The summed E-state index contributed by atoms with van der Waals surface area (Å²) in [6, 6.07) is 0. The number of alkyl halides is 1. The largest absolute Gasteiger partial charge is 0.341 e. The fourth-order valence-electron chi connectivity index (χ4n) is 3.22. The fraction of sp³-hybridized carbons (Fsp3) is 0.929. The van der Waals surface area contributed by atoms with Crippen LogP contribution in [0.2, 0.25) is 0 Å². The van der Waals surface area contributed by atoms with Gasteiger partial charge in [-0.05, 0) is 23.2 Å². The van der Waals surface area contributed by atoms with Gasteiger partial charge in [0, 0.05) is 23.8 Å². The molecule has 3 heteroatoms. The van der Waals surface area contributed by atoms with Gasteiger partial charge in [-0.15, -0.1) is 0 Å². The number of likely N-dealkylation sites (tertiary alicyclic amines) is 1. The molecule has 2 unspecified atom stereocenters. The van der Waals surface area contributed by atoms with Gasteiger partial charge in [-0.1, -0.05) is 50.5 Å². The molecule has 0 aromatic rings. The summed E-state index contributed by atoms with van der Waals surface area (Å²) in [6.07, 6.45) is 1.12. The van der Waals surface area contributed by atoms with Crippen LogP contribution in [0.3, 0.4) is 0 Å². The molecule has 1 heterocycles. The first-order valence-corrected chi connectivity index (χ1v) is 7.54. The molecule has 2 rings (SSSR count). The van der Waals surface area contributed by atoms with Crippen molar-refractivity contribution in [3.05, 3.63) is 0 Å². The van der Waals surface area contributed by atoms with Gasteiger partial charge in [0.2, 0.25) is 5.91 Å². The van der Waals surface area contributed by atoms with Gasteiger partial charge in [0.1, 0.15) is 0 Å². The first-order chi connectivity index (χ1) is 7.69. The van der Waals surface area contributed by atoms with Gasteiger partial charge < -0.3 is 4.90 Å². The number of nitrogens with zero attached hydrogens (tertiary/aromatic N) is 1. The zero-order valence-electron chi connectivity index (χ0n) is 11.6. The summed E-state index contributed by atoms with van der Waals surface area (Å²) < 4.78 is 0. The molecule has 0 aromatic heterocycles. The lowest BCUT2D eigenvalue weighted by atomic mass is 9.98. The van der Waals surface area contributed by atoms with Crippen molar-refractivity contribution in [1.29, 1.82) is 0 Å². The van der Waals surface area contributed by atoms with Crippen molar-refractivity contribution in [2.75, 3.05) is 13.1 Å². The molecule has 1 saturated heterocycles. The maximum atomic E-state index is 12.5. The van der Waals surface area contributed by atoms with Crippen molar-refractivity contribution >= 4 is 21.8 Å². The molecule has 0 spiro atoms. The lowest BCUT2D eigenvalue weighted by Crippen LogP contribution is -2.45. The van der Waals surface area contributed by atoms with E-state index in [0.717, 1.165) is 19.5 Å². The number of piperidine rings is 1. The minimum Gasteiger partial charge on any atom is -0.341 e. The Hall–Kier alpha value is -0.0500. The van der Waals surface area contributed by atoms with Crippen molar-refractivity contribution in [3.8, 4) is 0 Å². The van der Waals surface area contributed by atoms with Crippen LogP contribution in [0.25, 0.3) is 0 Å². The molecule has 2 aliphatic rings. The highest BCUT2D eigenvalue weighted by atomic mass is 79.9. The van der Waals surface area contributed by atoms with Crippen LogP contribution in [0.4, 0.5) is 0 Å². The van der Waals surface area contributed by atoms with Crippen LogP contribution in [-0.2, 0) is 4.79 Å². The summed E-state index contributed by atoms with van der Waals surface area (Å²) in [5.74, 6) is 1.26. The first-order valence-electron chi connectivity index (χ1n) is 6.62. The third kappa shape index (κ3) is 1.94. The molecule has 0 aromatic carbocycles. The maximum Gasteiger partial charge on any atom is 0.226 e. The number of carbonyl (C=O) groups is 1. The summed E-state index contributed by atoms with van der Waals surface area (Å²) in [7, 11) is 0. The molecule has 0 radical (unpaired) electrons. The van der Waals surface area contributed by atoms with Crippen LogP contribution in [0.1, 0.15) is 41.0 Å². The average Bonchev–Trinajstić information content (AvgIpc) is 2.61. The van der Waals surface area contributed by atoms with Gasteiger partial charge in [-0.25, -0.2) is 0 Å². The van der Waals surface area contributed by atoms with Gasteiger partial charge in [0.05, 0.1) is 0 Å². The molecule has 1 aliphatic carbocycles. The Morgan fingerprint density at radius 3 is 2.18 bits per heavy atom. The monoisotopic (exact) mass is 301 g/mol. The first kappa shape index (κ1) is 13.4. The van der Waals surface area contributed by atoms with Gasteiger partial charge in [-0.2, -0.15) is 0 Å². The minimum atomic E-state index is 0.162. The Bertz CT molecular complexity index is 323. The van der Waals surface area contributed by atoms with Crippen molar-refractivity contribution in [2.45, 2.75) is 45.9 Å². The van der Waals surface area contributed by atoms with E-state index in [9.17, 15) is 4.79 Å². The smallest absolute Gasteiger partial charge is 0.226 e. The molecule has 98 valence electrons. The second-order valence-corrected chi connectivity index (χ2v) is 8.12. The molecule has 0 N–H and O–H groups in total. The Labute approximate surface area is 113 Å². The zero-order chi connectivity index (χ0) is 13.0. The van der Waals surface area contributed by atoms with Crippen molar-refractivity contribution in [3.63, 3.8) is 0 Å². The third-order valence-corrected chi connectivity index (χ3v) is 6.64. The normalized spacial score (nSPS) is 35.8. The molecule has 1 aliphatic heterocycles. The van der Waals surface area contributed by atoms with E-state index in [2.05, 4.69) is 55.4 Å². The predicted octanol–water partition coefficient (Wildman–Crippen LogP) is 3.30. The number of carbonyl (C=O) groups excluding carboxylic acids is 1. The predicted molar refractivity (Wildman–Crippen MR) is 74.1 cm³/mol. The molecule has 2 nitrogen and oxygen atoms in total. The SMILES string of the molecule is CC1CCN(C(=O)C2C(C)(C)C2(C)C)CC1Br. The van der Waals surface area contributed by atoms with Crippen LogP contribution >= 0.6 is 15.9 Å². The molecule has 2 fully saturated rings. The number of amides is 1. The lowest BCUT2D eigenvalue weighted by Gasteiger charge is -2.34. The minimum absolute atomic E-state index is 0.162. The Morgan fingerprint density at radius 1 is 1.24 bits per heavy atom. The molecular formula is C14H24BrNO. The number of hydrogen-bond donors (Lipinski definition) is 0. The van der Waals surface area contributed by atoms with Crippen LogP contribution in [0.5, 0.6) is 0 Å². The van der Waals surface area contributed by atoms with Crippen molar-refractivity contribution in [2.24, 2.45) is 22.7 Å². The summed E-state index contributed by atoms with van der Waals surface area (Å²) >= 11 is 3.70. The quantitative estimate of drug-likeness (QED) is 0.681. The maximum absolute atomic E-state index is 12.5. The number of hydrogen-bond acceptors (Lipinski definition) is 1. The van der Waals surface area contributed by atoms with E-state index in [4.69, 9.17) is 0 Å². The van der Waals surface area contributed by atoms with Crippen LogP contribution < -0.4 is 0 Å². The van der Waals surface area contributed by atoms with E-state index in [0.29, 0.717) is 16.7 Å².